The Labute approximate surface area is 116 Å². The Balaban J connectivity index is 2.08. The van der Waals surface area contributed by atoms with Crippen molar-refractivity contribution in [2.75, 3.05) is 0 Å². The zero-order valence-electron chi connectivity index (χ0n) is 10.7. The predicted octanol–water partition coefficient (Wildman–Crippen LogP) is 3.19. The SMILES string of the molecule is N#Cc1ccc(C(O)c2cncc3ccccc23)cc1. The molecule has 20 heavy (non-hydrogen) atoms. The third kappa shape index (κ3) is 2.13. The minimum atomic E-state index is -0.749. The summed E-state index contributed by atoms with van der Waals surface area (Å²) < 4.78 is 0. The van der Waals surface area contributed by atoms with Crippen LogP contribution in [0.25, 0.3) is 10.8 Å². The van der Waals surface area contributed by atoms with Crippen molar-refractivity contribution in [1.82, 2.24) is 4.98 Å². The van der Waals surface area contributed by atoms with Gasteiger partial charge >= 0.3 is 0 Å². The van der Waals surface area contributed by atoms with Crippen molar-refractivity contribution in [2.45, 2.75) is 6.10 Å². The van der Waals surface area contributed by atoms with Gasteiger partial charge in [-0.25, -0.2) is 0 Å². The molecule has 0 amide bonds. The van der Waals surface area contributed by atoms with Crippen LogP contribution in [0.5, 0.6) is 0 Å². The third-order valence-electron chi connectivity index (χ3n) is 3.35. The van der Waals surface area contributed by atoms with Gasteiger partial charge in [0.15, 0.2) is 0 Å². The lowest BCUT2D eigenvalue weighted by Crippen LogP contribution is -2.01. The van der Waals surface area contributed by atoms with Gasteiger partial charge < -0.3 is 5.11 Å². The van der Waals surface area contributed by atoms with Crippen LogP contribution in [0.4, 0.5) is 0 Å². The second kappa shape index (κ2) is 5.12. The fraction of sp³-hybridized carbons (Fsp3) is 0.0588. The molecule has 0 fully saturated rings. The van der Waals surface area contributed by atoms with E-state index in [-0.39, 0.29) is 0 Å². The molecule has 2 aromatic carbocycles. The molecular formula is C17H12N2O. The Bertz CT molecular complexity index is 783. The van der Waals surface area contributed by atoms with Gasteiger partial charge in [-0.3, -0.25) is 4.98 Å². The maximum atomic E-state index is 10.5. The number of rotatable bonds is 2. The van der Waals surface area contributed by atoms with Crippen molar-refractivity contribution < 1.29 is 5.11 Å². The van der Waals surface area contributed by atoms with E-state index in [1.165, 1.54) is 0 Å². The molecule has 0 saturated heterocycles. The number of nitrogens with zero attached hydrogens (tertiary/aromatic N) is 2. The van der Waals surface area contributed by atoms with Crippen LogP contribution in [0.2, 0.25) is 0 Å². The molecule has 0 radical (unpaired) electrons. The fourth-order valence-electron chi connectivity index (χ4n) is 2.28. The summed E-state index contributed by atoms with van der Waals surface area (Å²) in [5.41, 5.74) is 2.10. The summed E-state index contributed by atoms with van der Waals surface area (Å²) in [7, 11) is 0. The lowest BCUT2D eigenvalue weighted by Gasteiger charge is -2.13. The van der Waals surface area contributed by atoms with E-state index < -0.39 is 6.10 Å². The summed E-state index contributed by atoms with van der Waals surface area (Å²) in [6.07, 6.45) is 2.72. The van der Waals surface area contributed by atoms with E-state index >= 15 is 0 Å². The van der Waals surface area contributed by atoms with Gasteiger partial charge in [0.25, 0.3) is 0 Å². The molecule has 0 aliphatic heterocycles. The molecule has 0 aliphatic rings. The molecule has 0 saturated carbocycles. The van der Waals surface area contributed by atoms with Gasteiger partial charge in [0.1, 0.15) is 6.10 Å². The molecule has 1 N–H and O–H groups in total. The van der Waals surface area contributed by atoms with Crippen LogP contribution in [0.15, 0.2) is 60.9 Å². The maximum Gasteiger partial charge on any atom is 0.106 e. The van der Waals surface area contributed by atoms with Crippen LogP contribution in [0.1, 0.15) is 22.8 Å². The normalized spacial score (nSPS) is 12.0. The number of fused-ring (bicyclic) bond motifs is 1. The number of hydrogen-bond acceptors (Lipinski definition) is 3. The highest BCUT2D eigenvalue weighted by molar-refractivity contribution is 5.85. The van der Waals surface area contributed by atoms with Crippen molar-refractivity contribution in [3.8, 4) is 6.07 Å². The molecule has 96 valence electrons. The molecule has 3 heteroatoms. The molecule has 1 unspecified atom stereocenters. The Morgan fingerprint density at radius 2 is 1.75 bits per heavy atom. The van der Waals surface area contributed by atoms with E-state index in [0.29, 0.717) is 5.56 Å². The van der Waals surface area contributed by atoms with Crippen molar-refractivity contribution >= 4 is 10.8 Å². The van der Waals surface area contributed by atoms with Gasteiger partial charge in [0, 0.05) is 23.3 Å². The molecule has 3 aromatic rings. The molecule has 1 heterocycles. The summed E-state index contributed by atoms with van der Waals surface area (Å²) in [6.45, 7) is 0. The van der Waals surface area contributed by atoms with Crippen LogP contribution in [0.3, 0.4) is 0 Å². The van der Waals surface area contributed by atoms with Gasteiger partial charge in [0.2, 0.25) is 0 Å². The summed E-state index contributed by atoms with van der Waals surface area (Å²) in [5, 5.41) is 21.3. The summed E-state index contributed by atoms with van der Waals surface area (Å²) in [5.74, 6) is 0. The first-order valence-electron chi connectivity index (χ1n) is 6.30. The standard InChI is InChI=1S/C17H12N2O/c18-9-12-5-7-13(8-6-12)17(20)16-11-19-10-14-3-1-2-4-15(14)16/h1-8,10-11,17,20H. The molecule has 3 nitrogen and oxygen atoms in total. The summed E-state index contributed by atoms with van der Waals surface area (Å²) in [4.78, 5) is 4.18. The van der Waals surface area contributed by atoms with E-state index in [1.54, 1.807) is 36.7 Å². The van der Waals surface area contributed by atoms with Crippen LogP contribution < -0.4 is 0 Å². The molecule has 0 aliphatic carbocycles. The Morgan fingerprint density at radius 3 is 2.50 bits per heavy atom. The van der Waals surface area contributed by atoms with Crippen molar-refractivity contribution in [3.05, 3.63) is 77.6 Å². The van der Waals surface area contributed by atoms with Gasteiger partial charge in [-0.1, -0.05) is 36.4 Å². The maximum absolute atomic E-state index is 10.5. The topological polar surface area (TPSA) is 56.9 Å². The number of nitriles is 1. The first kappa shape index (κ1) is 12.3. The number of aliphatic hydroxyl groups is 1. The van der Waals surface area contributed by atoms with E-state index in [0.717, 1.165) is 21.9 Å². The van der Waals surface area contributed by atoms with E-state index in [1.807, 2.05) is 24.3 Å². The number of pyridine rings is 1. The average Bonchev–Trinajstić information content (AvgIpc) is 2.54. The molecule has 0 spiro atoms. The second-order valence-corrected chi connectivity index (χ2v) is 4.59. The number of hydrogen-bond donors (Lipinski definition) is 1. The largest absolute Gasteiger partial charge is 0.384 e. The van der Waals surface area contributed by atoms with Crippen LogP contribution in [-0.4, -0.2) is 10.1 Å². The predicted molar refractivity (Wildman–Crippen MR) is 77.0 cm³/mol. The fourth-order valence-corrected chi connectivity index (χ4v) is 2.28. The smallest absolute Gasteiger partial charge is 0.106 e. The summed E-state index contributed by atoms with van der Waals surface area (Å²) >= 11 is 0. The minimum absolute atomic E-state index is 0.581. The van der Waals surface area contributed by atoms with Crippen molar-refractivity contribution in [1.29, 1.82) is 5.26 Å². The van der Waals surface area contributed by atoms with E-state index in [2.05, 4.69) is 11.1 Å². The lowest BCUT2D eigenvalue weighted by atomic mass is 9.97. The van der Waals surface area contributed by atoms with E-state index in [4.69, 9.17) is 5.26 Å². The van der Waals surface area contributed by atoms with Gasteiger partial charge in [-0.05, 0) is 23.1 Å². The number of benzene rings is 2. The number of aromatic nitrogens is 1. The zero-order valence-corrected chi connectivity index (χ0v) is 10.7. The molecule has 1 atom stereocenters. The zero-order chi connectivity index (χ0) is 13.9. The molecule has 3 rings (SSSR count). The highest BCUT2D eigenvalue weighted by atomic mass is 16.3. The highest BCUT2D eigenvalue weighted by Gasteiger charge is 2.13. The summed E-state index contributed by atoms with van der Waals surface area (Å²) in [6, 6.07) is 16.8. The first-order chi connectivity index (χ1) is 9.79. The minimum Gasteiger partial charge on any atom is -0.384 e. The van der Waals surface area contributed by atoms with Crippen LogP contribution >= 0.6 is 0 Å². The first-order valence-corrected chi connectivity index (χ1v) is 6.30. The lowest BCUT2D eigenvalue weighted by molar-refractivity contribution is 0.221. The quantitative estimate of drug-likeness (QED) is 0.769. The Hall–Kier alpha value is -2.70. The van der Waals surface area contributed by atoms with Crippen LogP contribution in [0, 0.1) is 11.3 Å². The molecule has 1 aromatic heterocycles. The van der Waals surface area contributed by atoms with Gasteiger partial charge in [-0.15, -0.1) is 0 Å². The highest BCUT2D eigenvalue weighted by Crippen LogP contribution is 2.28. The van der Waals surface area contributed by atoms with E-state index in [9.17, 15) is 5.11 Å². The molecule has 0 bridgehead atoms. The Morgan fingerprint density at radius 1 is 1.00 bits per heavy atom. The van der Waals surface area contributed by atoms with Gasteiger partial charge in [-0.2, -0.15) is 5.26 Å². The van der Waals surface area contributed by atoms with Gasteiger partial charge in [0.05, 0.1) is 11.6 Å². The third-order valence-corrected chi connectivity index (χ3v) is 3.35. The second-order valence-electron chi connectivity index (χ2n) is 4.59. The number of aliphatic hydroxyl groups excluding tert-OH is 1. The monoisotopic (exact) mass is 260 g/mol. The van der Waals surface area contributed by atoms with Crippen LogP contribution in [-0.2, 0) is 0 Å². The van der Waals surface area contributed by atoms with Crippen molar-refractivity contribution in [3.63, 3.8) is 0 Å². The Kier molecular flexibility index (Phi) is 3.16. The average molecular weight is 260 g/mol. The molecular weight excluding hydrogens is 248 g/mol. The van der Waals surface area contributed by atoms with Crippen molar-refractivity contribution in [2.24, 2.45) is 0 Å².